The first-order chi connectivity index (χ1) is 18.5. The smallest absolute Gasteiger partial charge is 0.283 e. The van der Waals surface area contributed by atoms with Gasteiger partial charge in [0.15, 0.2) is 23.8 Å². The number of hydrazone groups is 1. The Morgan fingerprint density at radius 3 is 2.47 bits per heavy atom. The fourth-order valence-corrected chi connectivity index (χ4v) is 4.35. The minimum Gasteiger partial charge on any atom is -0.493 e. The Hall–Kier alpha value is -3.92. The third kappa shape index (κ3) is 6.69. The third-order valence-corrected chi connectivity index (χ3v) is 6.49. The number of nitrogens with zero attached hydrogens (tertiary/aromatic N) is 5. The number of benzene rings is 2. The first-order valence-corrected chi connectivity index (χ1v) is 12.9. The average Bonchev–Trinajstić information content (AvgIpc) is 2.96. The summed E-state index contributed by atoms with van der Waals surface area (Å²) < 4.78 is 11.1. The molecule has 0 N–H and O–H groups in total. The quantitative estimate of drug-likeness (QED) is 0.372. The van der Waals surface area contributed by atoms with E-state index in [2.05, 4.69) is 15.2 Å². The first kappa shape index (κ1) is 27.1. The lowest BCUT2D eigenvalue weighted by Crippen LogP contribution is -2.49. The number of rotatable bonds is 9. The van der Waals surface area contributed by atoms with Crippen molar-refractivity contribution in [3.05, 3.63) is 59.7 Å². The van der Waals surface area contributed by atoms with Crippen LogP contribution in [0.3, 0.4) is 0 Å². The van der Waals surface area contributed by atoms with E-state index in [1.807, 2.05) is 62.5 Å². The van der Waals surface area contributed by atoms with E-state index in [1.165, 1.54) is 5.01 Å². The molecule has 2 heterocycles. The van der Waals surface area contributed by atoms with Crippen molar-refractivity contribution in [1.29, 1.82) is 0 Å². The Morgan fingerprint density at radius 1 is 1.00 bits per heavy atom. The van der Waals surface area contributed by atoms with Crippen LogP contribution in [0.5, 0.6) is 11.5 Å². The summed E-state index contributed by atoms with van der Waals surface area (Å²) in [5.74, 6) is 0.741. The van der Waals surface area contributed by atoms with Crippen LogP contribution in [0.2, 0.25) is 0 Å². The molecule has 4 rings (SSSR count). The van der Waals surface area contributed by atoms with E-state index in [9.17, 15) is 9.59 Å². The predicted octanol–water partition coefficient (Wildman–Crippen LogP) is 2.62. The van der Waals surface area contributed by atoms with Crippen molar-refractivity contribution in [2.24, 2.45) is 10.3 Å². The van der Waals surface area contributed by atoms with Crippen molar-refractivity contribution >= 4 is 23.2 Å². The van der Waals surface area contributed by atoms with Crippen molar-refractivity contribution in [2.75, 3.05) is 60.1 Å². The topological polar surface area (TPSA) is 96.3 Å². The van der Waals surface area contributed by atoms with Crippen molar-refractivity contribution in [2.45, 2.75) is 19.8 Å². The monoisotopic (exact) mass is 521 g/mol. The standard InChI is InChI=1S/C28H35N5O5/c1-4-37-25-19-22(12-13-24(25)36-3)23-11-8-14-33(29-23)26(34)20-38-30-27(21-9-6-5-7-10-21)28(35)32-17-15-31(2)16-18-32/h5-7,9-10,12-13,19H,4,8,11,14-18,20H2,1-3H3/b30-27-. The minimum absolute atomic E-state index is 0.187. The lowest BCUT2D eigenvalue weighted by molar-refractivity contribution is -0.136. The summed E-state index contributed by atoms with van der Waals surface area (Å²) in [5.41, 5.74) is 2.49. The van der Waals surface area contributed by atoms with E-state index < -0.39 is 0 Å². The molecule has 0 spiro atoms. The number of ether oxygens (including phenoxy) is 2. The van der Waals surface area contributed by atoms with E-state index in [0.717, 1.165) is 37.2 Å². The number of hydrogen-bond donors (Lipinski definition) is 0. The molecule has 2 aliphatic rings. The van der Waals surface area contributed by atoms with E-state index in [1.54, 1.807) is 12.0 Å². The number of methoxy groups -OCH3 is 1. The van der Waals surface area contributed by atoms with Gasteiger partial charge in [-0.1, -0.05) is 35.5 Å². The van der Waals surface area contributed by atoms with Gasteiger partial charge in [-0.3, -0.25) is 9.59 Å². The number of oxime groups is 1. The maximum absolute atomic E-state index is 13.3. The van der Waals surface area contributed by atoms with Gasteiger partial charge in [0.2, 0.25) is 0 Å². The second kappa shape index (κ2) is 13.0. The van der Waals surface area contributed by atoms with Gasteiger partial charge in [-0.25, -0.2) is 5.01 Å². The maximum atomic E-state index is 13.3. The molecule has 2 aromatic carbocycles. The first-order valence-electron chi connectivity index (χ1n) is 12.9. The van der Waals surface area contributed by atoms with Crippen LogP contribution >= 0.6 is 0 Å². The number of piperazine rings is 1. The molecular weight excluding hydrogens is 486 g/mol. The highest BCUT2D eigenvalue weighted by atomic mass is 16.6. The maximum Gasteiger partial charge on any atom is 0.283 e. The second-order valence-corrected chi connectivity index (χ2v) is 9.14. The Labute approximate surface area is 223 Å². The molecule has 2 aliphatic heterocycles. The highest BCUT2D eigenvalue weighted by Gasteiger charge is 2.26. The van der Waals surface area contributed by atoms with Crippen LogP contribution in [0.15, 0.2) is 58.8 Å². The number of hydrogen-bond acceptors (Lipinski definition) is 8. The Kier molecular flexibility index (Phi) is 9.31. The minimum atomic E-state index is -0.330. The van der Waals surface area contributed by atoms with Gasteiger partial charge in [0.1, 0.15) is 0 Å². The molecule has 0 saturated carbocycles. The van der Waals surface area contributed by atoms with E-state index in [-0.39, 0.29) is 24.1 Å². The van der Waals surface area contributed by atoms with Crippen LogP contribution in [0.25, 0.3) is 0 Å². The van der Waals surface area contributed by atoms with Crippen LogP contribution < -0.4 is 9.47 Å². The Balaban J connectivity index is 1.45. The van der Waals surface area contributed by atoms with Gasteiger partial charge in [0.25, 0.3) is 11.8 Å². The van der Waals surface area contributed by atoms with E-state index in [0.29, 0.717) is 43.3 Å². The fraction of sp³-hybridized carbons (Fsp3) is 0.429. The van der Waals surface area contributed by atoms with Gasteiger partial charge in [-0.2, -0.15) is 5.10 Å². The molecule has 202 valence electrons. The summed E-state index contributed by atoms with van der Waals surface area (Å²) >= 11 is 0. The van der Waals surface area contributed by atoms with Gasteiger partial charge in [-0.05, 0) is 45.0 Å². The van der Waals surface area contributed by atoms with Gasteiger partial charge in [0.05, 0.1) is 19.4 Å². The van der Waals surface area contributed by atoms with Crippen LogP contribution in [0.4, 0.5) is 0 Å². The van der Waals surface area contributed by atoms with Gasteiger partial charge < -0.3 is 24.1 Å². The van der Waals surface area contributed by atoms with E-state index in [4.69, 9.17) is 14.3 Å². The molecule has 1 fully saturated rings. The summed E-state index contributed by atoms with van der Waals surface area (Å²) in [6.45, 7) is 5.40. The molecule has 0 aliphatic carbocycles. The molecule has 1 saturated heterocycles. The van der Waals surface area contributed by atoms with Crippen LogP contribution in [0, 0.1) is 0 Å². The molecule has 38 heavy (non-hydrogen) atoms. The number of carbonyl (C=O) groups is 2. The third-order valence-electron chi connectivity index (χ3n) is 6.49. The highest BCUT2D eigenvalue weighted by molar-refractivity contribution is 6.45. The zero-order valence-corrected chi connectivity index (χ0v) is 22.3. The largest absolute Gasteiger partial charge is 0.493 e. The molecule has 2 aromatic rings. The van der Waals surface area contributed by atoms with Crippen LogP contribution in [0.1, 0.15) is 30.9 Å². The molecular formula is C28H35N5O5. The normalized spacial score (nSPS) is 16.6. The highest BCUT2D eigenvalue weighted by Crippen LogP contribution is 2.29. The predicted molar refractivity (Wildman–Crippen MR) is 145 cm³/mol. The molecule has 0 bridgehead atoms. The molecule has 0 aromatic heterocycles. The number of amides is 2. The molecule has 0 unspecified atom stereocenters. The zero-order valence-electron chi connectivity index (χ0n) is 22.3. The average molecular weight is 522 g/mol. The summed E-state index contributed by atoms with van der Waals surface area (Å²) in [7, 11) is 3.63. The number of carbonyl (C=O) groups excluding carboxylic acids is 2. The molecule has 10 nitrogen and oxygen atoms in total. The second-order valence-electron chi connectivity index (χ2n) is 9.14. The van der Waals surface area contributed by atoms with Crippen molar-refractivity contribution in [3.8, 4) is 11.5 Å². The molecule has 2 amide bonds. The molecule has 0 atom stereocenters. The Bertz CT molecular complexity index is 1180. The van der Waals surface area contributed by atoms with Crippen molar-refractivity contribution in [1.82, 2.24) is 14.8 Å². The lowest BCUT2D eigenvalue weighted by atomic mass is 10.0. The van der Waals surface area contributed by atoms with Gasteiger partial charge in [-0.15, -0.1) is 0 Å². The Morgan fingerprint density at radius 2 is 1.76 bits per heavy atom. The van der Waals surface area contributed by atoms with Gasteiger partial charge in [0, 0.05) is 43.9 Å². The summed E-state index contributed by atoms with van der Waals surface area (Å²) in [5, 5.41) is 10.1. The van der Waals surface area contributed by atoms with E-state index >= 15 is 0 Å². The SMILES string of the molecule is CCOc1cc(C2=NN(C(=O)CO/N=C(\C(=O)N3CCN(C)CC3)c3ccccc3)CCC2)ccc1OC. The number of likely N-dealkylation sites (N-methyl/N-ethyl adjacent to an activating group) is 1. The van der Waals surface area contributed by atoms with Gasteiger partial charge >= 0.3 is 0 Å². The molecule has 10 heteroatoms. The lowest BCUT2D eigenvalue weighted by Gasteiger charge is -2.32. The van der Waals surface area contributed by atoms with Crippen LogP contribution in [-0.2, 0) is 14.4 Å². The fourth-order valence-electron chi connectivity index (χ4n) is 4.35. The summed E-state index contributed by atoms with van der Waals surface area (Å²) in [4.78, 5) is 35.6. The van der Waals surface area contributed by atoms with Crippen LogP contribution in [-0.4, -0.2) is 98.1 Å². The summed E-state index contributed by atoms with van der Waals surface area (Å²) in [6.07, 6.45) is 1.50. The molecule has 0 radical (unpaired) electrons. The summed E-state index contributed by atoms with van der Waals surface area (Å²) in [6, 6.07) is 14.8. The van der Waals surface area contributed by atoms with Crippen molar-refractivity contribution < 1.29 is 23.9 Å². The van der Waals surface area contributed by atoms with Crippen molar-refractivity contribution in [3.63, 3.8) is 0 Å². The zero-order chi connectivity index (χ0) is 26.9.